The number of aryl methyl sites for hydroxylation is 1. The second-order valence-electron chi connectivity index (χ2n) is 8.32. The molecule has 1 aliphatic carbocycles. The van der Waals surface area contributed by atoms with Gasteiger partial charge in [0.2, 0.25) is 5.91 Å². The molecule has 28 heavy (non-hydrogen) atoms. The van der Waals surface area contributed by atoms with Crippen molar-refractivity contribution in [3.63, 3.8) is 0 Å². The third-order valence-corrected chi connectivity index (χ3v) is 7.20. The van der Waals surface area contributed by atoms with Gasteiger partial charge in [0.15, 0.2) is 9.84 Å². The maximum absolute atomic E-state index is 12.4. The second kappa shape index (κ2) is 6.92. The quantitative estimate of drug-likeness (QED) is 0.840. The van der Waals surface area contributed by atoms with Crippen molar-refractivity contribution in [1.82, 2.24) is 10.5 Å². The van der Waals surface area contributed by atoms with Gasteiger partial charge in [0.1, 0.15) is 28.2 Å². The average molecular weight is 404 g/mol. The number of hydrogen-bond donors (Lipinski definition) is 1. The van der Waals surface area contributed by atoms with E-state index >= 15 is 0 Å². The van der Waals surface area contributed by atoms with Crippen LogP contribution in [0.3, 0.4) is 0 Å². The SMILES string of the molecule is CC1(C)CCc2onc(CNC(=O)CC3CS(=O)(=O)c4ccccc4O3)c2C1. The van der Waals surface area contributed by atoms with E-state index in [-0.39, 0.29) is 34.9 Å². The second-order valence-corrected chi connectivity index (χ2v) is 10.3. The van der Waals surface area contributed by atoms with Gasteiger partial charge >= 0.3 is 0 Å². The average Bonchev–Trinajstić information content (AvgIpc) is 3.00. The molecule has 8 heteroatoms. The summed E-state index contributed by atoms with van der Waals surface area (Å²) in [7, 11) is -3.45. The Morgan fingerprint density at radius 2 is 2.11 bits per heavy atom. The number of nitrogens with zero attached hydrogens (tertiary/aromatic N) is 1. The van der Waals surface area contributed by atoms with Crippen molar-refractivity contribution in [1.29, 1.82) is 0 Å². The Balaban J connectivity index is 1.38. The van der Waals surface area contributed by atoms with Crippen molar-refractivity contribution in [2.24, 2.45) is 5.41 Å². The lowest BCUT2D eigenvalue weighted by atomic mass is 9.76. The molecule has 0 fully saturated rings. The molecule has 4 rings (SSSR count). The van der Waals surface area contributed by atoms with Gasteiger partial charge in [-0.3, -0.25) is 4.79 Å². The van der Waals surface area contributed by atoms with Crippen molar-refractivity contribution < 1.29 is 22.5 Å². The van der Waals surface area contributed by atoms with Gasteiger partial charge in [-0.15, -0.1) is 0 Å². The zero-order valence-corrected chi connectivity index (χ0v) is 16.8. The highest BCUT2D eigenvalue weighted by Crippen LogP contribution is 2.36. The molecule has 1 amide bonds. The van der Waals surface area contributed by atoms with E-state index in [0.29, 0.717) is 5.75 Å². The lowest BCUT2D eigenvalue weighted by molar-refractivity contribution is -0.122. The molecule has 0 radical (unpaired) electrons. The third-order valence-electron chi connectivity index (χ3n) is 5.38. The van der Waals surface area contributed by atoms with Crippen molar-refractivity contribution in [3.05, 3.63) is 41.3 Å². The van der Waals surface area contributed by atoms with Gasteiger partial charge in [0.05, 0.1) is 18.7 Å². The minimum absolute atomic E-state index is 0.0287. The molecule has 1 atom stereocenters. The molecule has 1 aromatic heterocycles. The number of hydrogen-bond acceptors (Lipinski definition) is 6. The predicted molar refractivity (Wildman–Crippen MR) is 102 cm³/mol. The molecular weight excluding hydrogens is 380 g/mol. The first kappa shape index (κ1) is 19.0. The van der Waals surface area contributed by atoms with Crippen LogP contribution in [0, 0.1) is 5.41 Å². The van der Waals surface area contributed by atoms with Crippen LogP contribution in [0.1, 0.15) is 43.7 Å². The summed E-state index contributed by atoms with van der Waals surface area (Å²) in [5, 5.41) is 6.94. The molecule has 1 N–H and O–H groups in total. The fraction of sp³-hybridized carbons (Fsp3) is 0.500. The molecule has 2 aromatic rings. The minimum atomic E-state index is -3.45. The first-order valence-corrected chi connectivity index (χ1v) is 11.1. The summed E-state index contributed by atoms with van der Waals surface area (Å²) in [6, 6.07) is 6.51. The Bertz CT molecular complexity index is 1010. The molecule has 1 aromatic carbocycles. The van der Waals surface area contributed by atoms with E-state index in [9.17, 15) is 13.2 Å². The maximum atomic E-state index is 12.4. The van der Waals surface area contributed by atoms with E-state index in [4.69, 9.17) is 9.26 Å². The lowest BCUT2D eigenvalue weighted by Gasteiger charge is -2.28. The molecule has 0 bridgehead atoms. The van der Waals surface area contributed by atoms with Gasteiger partial charge in [-0.2, -0.15) is 0 Å². The molecule has 2 heterocycles. The van der Waals surface area contributed by atoms with Crippen LogP contribution < -0.4 is 10.1 Å². The number of fused-ring (bicyclic) bond motifs is 2. The molecule has 0 saturated carbocycles. The highest BCUT2D eigenvalue weighted by atomic mass is 32.2. The summed E-state index contributed by atoms with van der Waals surface area (Å²) in [6.07, 6.45) is 2.05. The van der Waals surface area contributed by atoms with E-state index < -0.39 is 15.9 Å². The van der Waals surface area contributed by atoms with Gasteiger partial charge in [0, 0.05) is 12.0 Å². The van der Waals surface area contributed by atoms with E-state index in [1.54, 1.807) is 18.2 Å². The summed E-state index contributed by atoms with van der Waals surface area (Å²) in [5.74, 6) is 0.734. The molecule has 150 valence electrons. The van der Waals surface area contributed by atoms with Crippen molar-refractivity contribution in [2.45, 2.75) is 57.1 Å². The summed E-state index contributed by atoms with van der Waals surface area (Å²) in [5.41, 5.74) is 2.02. The van der Waals surface area contributed by atoms with Gasteiger partial charge in [-0.1, -0.05) is 31.1 Å². The highest BCUT2D eigenvalue weighted by Gasteiger charge is 2.33. The van der Waals surface area contributed by atoms with Crippen LogP contribution in [0.2, 0.25) is 0 Å². The molecule has 1 aliphatic heterocycles. The van der Waals surface area contributed by atoms with Gasteiger partial charge < -0.3 is 14.6 Å². The first-order chi connectivity index (χ1) is 13.2. The zero-order chi connectivity index (χ0) is 19.9. The van der Waals surface area contributed by atoms with Gasteiger partial charge in [-0.25, -0.2) is 8.42 Å². The smallest absolute Gasteiger partial charge is 0.224 e. The normalized spacial score (nSPS) is 21.9. The van der Waals surface area contributed by atoms with Crippen LogP contribution in [0.4, 0.5) is 0 Å². The van der Waals surface area contributed by atoms with E-state index in [1.807, 2.05) is 0 Å². The number of sulfone groups is 1. The number of aromatic nitrogens is 1. The monoisotopic (exact) mass is 404 g/mol. The van der Waals surface area contributed by atoms with Crippen molar-refractivity contribution >= 4 is 15.7 Å². The molecule has 1 unspecified atom stereocenters. The molecule has 7 nitrogen and oxygen atoms in total. The number of carbonyl (C=O) groups is 1. The topological polar surface area (TPSA) is 98.5 Å². The van der Waals surface area contributed by atoms with E-state index in [0.717, 1.165) is 36.3 Å². The van der Waals surface area contributed by atoms with Crippen LogP contribution in [-0.2, 0) is 34.0 Å². The van der Waals surface area contributed by atoms with Crippen molar-refractivity contribution in [2.75, 3.05) is 5.75 Å². The molecule has 0 spiro atoms. The summed E-state index contributed by atoms with van der Waals surface area (Å²) < 4.78 is 35.9. The van der Waals surface area contributed by atoms with Crippen LogP contribution in [0.25, 0.3) is 0 Å². The summed E-state index contributed by atoms with van der Waals surface area (Å²) in [6.45, 7) is 4.69. The third kappa shape index (κ3) is 3.78. The first-order valence-electron chi connectivity index (χ1n) is 9.45. The Morgan fingerprint density at radius 1 is 1.32 bits per heavy atom. The van der Waals surface area contributed by atoms with E-state index in [1.165, 1.54) is 6.07 Å². The minimum Gasteiger partial charge on any atom is -0.487 e. The van der Waals surface area contributed by atoms with Crippen molar-refractivity contribution in [3.8, 4) is 5.75 Å². The summed E-state index contributed by atoms with van der Waals surface area (Å²) in [4.78, 5) is 12.6. The van der Waals surface area contributed by atoms with Gasteiger partial charge in [0.25, 0.3) is 0 Å². The molecule has 0 saturated heterocycles. The molecular formula is C20H24N2O5S. The highest BCUT2D eigenvalue weighted by molar-refractivity contribution is 7.91. The fourth-order valence-electron chi connectivity index (χ4n) is 3.85. The van der Waals surface area contributed by atoms with Crippen LogP contribution in [0.5, 0.6) is 5.75 Å². The largest absolute Gasteiger partial charge is 0.487 e. The lowest BCUT2D eigenvalue weighted by Crippen LogP contribution is -2.37. The van der Waals surface area contributed by atoms with E-state index in [2.05, 4.69) is 24.3 Å². The predicted octanol–water partition coefficient (Wildman–Crippen LogP) is 2.43. The maximum Gasteiger partial charge on any atom is 0.224 e. The standard InChI is InChI=1S/C20H24N2O5S/c1-20(2)8-7-16-14(10-20)15(22-27-16)11-21-19(23)9-13-12-28(24,25)18-6-4-3-5-17(18)26-13/h3-6,13H,7-12H2,1-2H3,(H,21,23). The zero-order valence-electron chi connectivity index (χ0n) is 16.0. The fourth-order valence-corrected chi connectivity index (χ4v) is 5.41. The Hall–Kier alpha value is -2.35. The number of amides is 1. The Kier molecular flexibility index (Phi) is 4.69. The number of ether oxygens (including phenoxy) is 1. The number of rotatable bonds is 4. The number of nitrogens with one attached hydrogen (secondary N) is 1. The number of carbonyl (C=O) groups excluding carboxylic acids is 1. The van der Waals surface area contributed by atoms with Crippen LogP contribution >= 0.6 is 0 Å². The number of benzene rings is 1. The number of para-hydroxylation sites is 1. The molecule has 2 aliphatic rings. The van der Waals surface area contributed by atoms with Gasteiger partial charge in [-0.05, 0) is 30.4 Å². The van der Waals surface area contributed by atoms with Crippen LogP contribution in [-0.4, -0.2) is 31.3 Å². The summed E-state index contributed by atoms with van der Waals surface area (Å²) >= 11 is 0. The van der Waals surface area contributed by atoms with Crippen LogP contribution in [0.15, 0.2) is 33.7 Å². The Labute approximate surface area is 164 Å². The Morgan fingerprint density at radius 3 is 2.93 bits per heavy atom.